The number of para-hydroxylation sites is 1. The predicted molar refractivity (Wildman–Crippen MR) is 132 cm³/mol. The van der Waals surface area contributed by atoms with Crippen LogP contribution >= 0.6 is 28.1 Å². The van der Waals surface area contributed by atoms with Crippen molar-refractivity contribution in [3.05, 3.63) is 92.7 Å². The van der Waals surface area contributed by atoms with Gasteiger partial charge in [0, 0.05) is 10.0 Å². The lowest BCUT2D eigenvalue weighted by Gasteiger charge is -2.15. The molecule has 0 spiro atoms. The van der Waals surface area contributed by atoms with Crippen LogP contribution in [0.4, 0.5) is 0 Å². The summed E-state index contributed by atoms with van der Waals surface area (Å²) in [6, 6.07) is 22.0. The molecule has 164 valence electrons. The first-order valence-electron chi connectivity index (χ1n) is 10.1. The molecule has 8 heteroatoms. The maximum absolute atomic E-state index is 6.13. The van der Waals surface area contributed by atoms with Crippen molar-refractivity contribution in [2.75, 3.05) is 12.5 Å². The average Bonchev–Trinajstić information content (AvgIpc) is 3.18. The van der Waals surface area contributed by atoms with Crippen LogP contribution in [0.5, 0.6) is 11.5 Å². The van der Waals surface area contributed by atoms with Crippen molar-refractivity contribution in [1.29, 1.82) is 0 Å². The van der Waals surface area contributed by atoms with Gasteiger partial charge in [-0.15, -0.1) is 0 Å². The van der Waals surface area contributed by atoms with Gasteiger partial charge < -0.3 is 14.9 Å². The lowest BCUT2D eigenvalue weighted by atomic mass is 10.1. The topological polar surface area (TPSA) is 64.1 Å². The number of hydrogen-bond donors (Lipinski definition) is 2. The molecule has 0 aliphatic heterocycles. The van der Waals surface area contributed by atoms with Crippen LogP contribution in [-0.4, -0.2) is 22.0 Å². The third-order valence-corrected chi connectivity index (χ3v) is 5.75. The first kappa shape index (κ1) is 22.1. The van der Waals surface area contributed by atoms with Gasteiger partial charge in [-0.25, -0.2) is 9.77 Å². The molecule has 0 fully saturated rings. The number of aryl methyl sites for hydroxylation is 1. The van der Waals surface area contributed by atoms with Crippen LogP contribution in [-0.2, 0) is 13.2 Å². The second kappa shape index (κ2) is 10.0. The molecular formula is C24H23BrN4O2S. The summed E-state index contributed by atoms with van der Waals surface area (Å²) < 4.78 is 14.8. The highest BCUT2D eigenvalue weighted by atomic mass is 79.9. The summed E-state index contributed by atoms with van der Waals surface area (Å²) in [5.74, 6) is 2.16. The number of H-pyrrole nitrogens is 1. The average molecular weight is 511 g/mol. The van der Waals surface area contributed by atoms with E-state index in [4.69, 9.17) is 21.7 Å². The zero-order valence-corrected chi connectivity index (χ0v) is 20.2. The van der Waals surface area contributed by atoms with Crippen LogP contribution in [0.3, 0.4) is 0 Å². The number of rotatable bonds is 8. The molecule has 1 heterocycles. The highest BCUT2D eigenvalue weighted by Crippen LogP contribution is 2.28. The lowest BCUT2D eigenvalue weighted by Crippen LogP contribution is -2.16. The van der Waals surface area contributed by atoms with Gasteiger partial charge >= 0.3 is 0 Å². The monoisotopic (exact) mass is 510 g/mol. The Hall–Kier alpha value is -3.10. The minimum absolute atomic E-state index is 0.461. The first-order chi connectivity index (χ1) is 15.5. The Kier molecular flexibility index (Phi) is 6.92. The Balaban J connectivity index is 1.56. The molecule has 1 aromatic heterocycles. The van der Waals surface area contributed by atoms with E-state index >= 15 is 0 Å². The molecule has 4 rings (SSSR count). The van der Waals surface area contributed by atoms with E-state index in [-0.39, 0.29) is 0 Å². The highest BCUT2D eigenvalue weighted by molar-refractivity contribution is 9.10. The molecule has 0 saturated heterocycles. The minimum Gasteiger partial charge on any atom is -0.496 e. The molecule has 0 amide bonds. The fourth-order valence-corrected chi connectivity index (χ4v) is 3.90. The van der Waals surface area contributed by atoms with Gasteiger partial charge in [0.2, 0.25) is 4.77 Å². The summed E-state index contributed by atoms with van der Waals surface area (Å²) in [5.41, 5.74) is 7.53. The van der Waals surface area contributed by atoms with Crippen LogP contribution in [0.15, 0.2) is 71.2 Å². The molecule has 0 saturated carbocycles. The van der Waals surface area contributed by atoms with Gasteiger partial charge in [0.1, 0.15) is 18.1 Å². The van der Waals surface area contributed by atoms with E-state index < -0.39 is 0 Å². The largest absolute Gasteiger partial charge is 0.496 e. The van der Waals surface area contributed by atoms with Gasteiger partial charge in [-0.3, -0.25) is 0 Å². The van der Waals surface area contributed by atoms with Crippen molar-refractivity contribution < 1.29 is 9.47 Å². The molecular weight excluding hydrogens is 488 g/mol. The molecule has 32 heavy (non-hydrogen) atoms. The summed E-state index contributed by atoms with van der Waals surface area (Å²) in [6.07, 6.45) is 0. The third kappa shape index (κ3) is 5.03. The van der Waals surface area contributed by atoms with E-state index in [9.17, 15) is 0 Å². The van der Waals surface area contributed by atoms with Gasteiger partial charge in [0.05, 0.1) is 19.2 Å². The predicted octanol–water partition coefficient (Wildman–Crippen LogP) is 6.01. The molecule has 0 aliphatic rings. The Morgan fingerprint density at radius 3 is 2.62 bits per heavy atom. The van der Waals surface area contributed by atoms with E-state index in [1.54, 1.807) is 11.8 Å². The van der Waals surface area contributed by atoms with Crippen molar-refractivity contribution in [2.24, 2.45) is 0 Å². The Bertz CT molecular complexity index is 1270. The van der Waals surface area contributed by atoms with E-state index in [1.165, 1.54) is 5.56 Å². The number of ether oxygens (including phenoxy) is 2. The van der Waals surface area contributed by atoms with Crippen molar-refractivity contribution >= 4 is 28.1 Å². The van der Waals surface area contributed by atoms with Gasteiger partial charge in [0.25, 0.3) is 0 Å². The Morgan fingerprint density at radius 2 is 1.84 bits per heavy atom. The van der Waals surface area contributed by atoms with Crippen molar-refractivity contribution in [3.63, 3.8) is 0 Å². The molecule has 0 unspecified atom stereocenters. The van der Waals surface area contributed by atoms with Crippen molar-refractivity contribution in [1.82, 2.24) is 14.9 Å². The maximum atomic E-state index is 6.13. The molecule has 0 atom stereocenters. The molecule has 0 radical (unpaired) electrons. The van der Waals surface area contributed by atoms with E-state index in [2.05, 4.69) is 62.7 Å². The van der Waals surface area contributed by atoms with Gasteiger partial charge in [0.15, 0.2) is 5.82 Å². The Labute approximate surface area is 200 Å². The number of methoxy groups -OCH3 is 1. The molecule has 2 N–H and O–H groups in total. The fourth-order valence-electron chi connectivity index (χ4n) is 3.29. The van der Waals surface area contributed by atoms with Crippen molar-refractivity contribution in [2.45, 2.75) is 20.1 Å². The summed E-state index contributed by atoms with van der Waals surface area (Å²) in [6.45, 7) is 3.05. The summed E-state index contributed by atoms with van der Waals surface area (Å²) in [7, 11) is 1.64. The second-order valence-corrected chi connectivity index (χ2v) is 8.55. The minimum atomic E-state index is 0.461. The first-order valence-corrected chi connectivity index (χ1v) is 11.3. The third-order valence-electron chi connectivity index (χ3n) is 4.99. The number of hydrogen-bond acceptors (Lipinski definition) is 5. The Morgan fingerprint density at radius 1 is 1.06 bits per heavy atom. The van der Waals surface area contributed by atoms with Crippen LogP contribution in [0.1, 0.15) is 16.7 Å². The van der Waals surface area contributed by atoms with Crippen LogP contribution in [0.25, 0.3) is 11.4 Å². The highest BCUT2D eigenvalue weighted by Gasteiger charge is 2.14. The molecule has 3 aromatic carbocycles. The molecule has 4 aromatic rings. The van der Waals surface area contributed by atoms with Gasteiger partial charge in [-0.2, -0.15) is 5.10 Å². The van der Waals surface area contributed by atoms with Crippen LogP contribution in [0.2, 0.25) is 0 Å². The number of nitrogens with one attached hydrogen (secondary N) is 2. The number of benzene rings is 3. The van der Waals surface area contributed by atoms with Crippen LogP contribution in [0, 0.1) is 11.7 Å². The fraction of sp³-hybridized carbons (Fsp3) is 0.167. The normalized spacial score (nSPS) is 10.7. The van der Waals surface area contributed by atoms with Crippen LogP contribution < -0.4 is 14.9 Å². The summed E-state index contributed by atoms with van der Waals surface area (Å²) >= 11 is 9.01. The second-order valence-electron chi connectivity index (χ2n) is 7.25. The quantitative estimate of drug-likeness (QED) is 0.284. The zero-order valence-electron chi connectivity index (χ0n) is 17.8. The molecule has 0 bridgehead atoms. The van der Waals surface area contributed by atoms with E-state index in [0.717, 1.165) is 26.9 Å². The number of nitrogens with zero attached hydrogens (tertiary/aromatic N) is 2. The lowest BCUT2D eigenvalue weighted by molar-refractivity contribution is 0.303. The standard InChI is InChI=1S/C24H23BrN4O2S/c1-16-7-9-17(10-8-16)15-31-21-12-11-19(25)13-18(21)14-26-29-23(27-28-24(29)32)20-5-3-4-6-22(20)30-2/h3-13,26H,14-15H2,1-2H3,(H,28,32). The maximum Gasteiger partial charge on any atom is 0.214 e. The summed E-state index contributed by atoms with van der Waals surface area (Å²) in [5, 5.41) is 7.25. The molecule has 0 aliphatic carbocycles. The summed E-state index contributed by atoms with van der Waals surface area (Å²) in [4.78, 5) is 0. The number of halogens is 1. The zero-order chi connectivity index (χ0) is 22.5. The van der Waals surface area contributed by atoms with Crippen molar-refractivity contribution in [3.8, 4) is 22.9 Å². The van der Waals surface area contributed by atoms with E-state index in [0.29, 0.717) is 29.5 Å². The van der Waals surface area contributed by atoms with Gasteiger partial charge in [-0.1, -0.05) is 57.9 Å². The van der Waals surface area contributed by atoms with E-state index in [1.807, 2.05) is 42.5 Å². The molecule has 6 nitrogen and oxygen atoms in total. The SMILES string of the molecule is COc1ccccc1-c1n[nH]c(=S)n1NCc1cc(Br)ccc1OCc1ccc(C)cc1. The number of aromatic amines is 1. The smallest absolute Gasteiger partial charge is 0.214 e. The van der Waals surface area contributed by atoms with Gasteiger partial charge in [-0.05, 0) is 55.0 Å². The number of aromatic nitrogens is 3.